The second-order valence-corrected chi connectivity index (χ2v) is 7.00. The zero-order valence-corrected chi connectivity index (χ0v) is 14.4. The monoisotopic (exact) mass is 354 g/mol. The normalized spacial score (nSPS) is 28.2. The van der Waals surface area contributed by atoms with Crippen molar-refractivity contribution in [3.63, 3.8) is 0 Å². The van der Waals surface area contributed by atoms with Crippen LogP contribution in [0.5, 0.6) is 23.0 Å². The van der Waals surface area contributed by atoms with Crippen molar-refractivity contribution in [2.75, 3.05) is 13.6 Å². The van der Waals surface area contributed by atoms with Crippen LogP contribution in [0.15, 0.2) is 30.3 Å². The zero-order valence-electron chi connectivity index (χ0n) is 14.4. The molecule has 0 spiro atoms. The van der Waals surface area contributed by atoms with Crippen LogP contribution in [0.2, 0.25) is 0 Å². The summed E-state index contributed by atoms with van der Waals surface area (Å²) in [7, 11) is 0. The van der Waals surface area contributed by atoms with Crippen LogP contribution in [0.1, 0.15) is 35.3 Å². The van der Waals surface area contributed by atoms with Gasteiger partial charge in [0.25, 0.3) is 0 Å². The smallest absolute Gasteiger partial charge is 0.231 e. The first-order valence-electron chi connectivity index (χ1n) is 8.61. The first-order valence-corrected chi connectivity index (χ1v) is 8.61. The lowest BCUT2D eigenvalue weighted by Crippen LogP contribution is -2.46. The highest BCUT2D eigenvalue weighted by Gasteiger charge is 2.52. The van der Waals surface area contributed by atoms with E-state index < -0.39 is 5.60 Å². The van der Waals surface area contributed by atoms with Crippen LogP contribution in [0.3, 0.4) is 0 Å². The number of ether oxygens (including phenoxy) is 4. The number of Topliss-reactive ketones (excluding diaryl/α,β-unsaturated/α-hetero) is 1. The van der Waals surface area contributed by atoms with Crippen LogP contribution in [0, 0.1) is 11.8 Å². The molecule has 0 bridgehead atoms. The van der Waals surface area contributed by atoms with Gasteiger partial charge in [-0.2, -0.15) is 0 Å². The number of hydrogen-bond donors (Lipinski definition) is 1. The van der Waals surface area contributed by atoms with Gasteiger partial charge in [0, 0.05) is 23.0 Å². The molecule has 0 saturated carbocycles. The molecule has 1 N–H and O–H groups in total. The van der Waals surface area contributed by atoms with E-state index in [2.05, 4.69) is 0 Å². The van der Waals surface area contributed by atoms with Crippen LogP contribution in [0.25, 0.3) is 0 Å². The molecule has 0 aromatic heterocycles. The number of fused-ring (bicyclic) bond motifs is 4. The lowest BCUT2D eigenvalue weighted by atomic mass is 9.63. The molecule has 1 aliphatic carbocycles. The molecule has 134 valence electrons. The summed E-state index contributed by atoms with van der Waals surface area (Å²) in [4.78, 5) is 12.9. The molecule has 0 radical (unpaired) electrons. The molecule has 5 rings (SSSR count). The highest BCUT2D eigenvalue weighted by atomic mass is 16.7. The number of carbonyl (C=O) groups excluding carboxylic acids is 1. The first-order chi connectivity index (χ1) is 12.5. The van der Waals surface area contributed by atoms with Gasteiger partial charge in [-0.3, -0.25) is 4.79 Å². The highest BCUT2D eigenvalue weighted by Crippen LogP contribution is 2.54. The van der Waals surface area contributed by atoms with E-state index in [-0.39, 0.29) is 31.2 Å². The Morgan fingerprint density at radius 3 is 2.50 bits per heavy atom. The van der Waals surface area contributed by atoms with Gasteiger partial charge in [0.2, 0.25) is 13.6 Å². The molecular formula is C20H18O6. The molecule has 3 aliphatic rings. The third-order valence-corrected chi connectivity index (χ3v) is 5.82. The average molecular weight is 354 g/mol. The van der Waals surface area contributed by atoms with Crippen LogP contribution < -0.4 is 18.9 Å². The molecule has 0 amide bonds. The standard InChI is InChI=1S/C20H18O6/c1-10-11(2)20(22,12-3-5-14-16(7-12)25-8-23-14)17-13(18(10)21)4-6-15-19(17)26-9-24-15/h3-7,10-11,22H,8-9H2,1-2H3/t10-,11+,20-/m1/s1. The van der Waals surface area contributed by atoms with Gasteiger partial charge in [-0.25, -0.2) is 0 Å². The van der Waals surface area contributed by atoms with Crippen LogP contribution in [-0.4, -0.2) is 24.5 Å². The number of aliphatic hydroxyl groups is 1. The SMILES string of the molecule is C[C@H]1C(=O)c2ccc3c(c2[C@](O)(c2ccc4c(c2)OCO4)[C@H]1C)OCO3. The lowest BCUT2D eigenvalue weighted by molar-refractivity contribution is -0.00718. The number of carbonyl (C=O) groups is 1. The predicted molar refractivity (Wildman–Crippen MR) is 90.8 cm³/mol. The summed E-state index contributed by atoms with van der Waals surface area (Å²) < 4.78 is 22.0. The molecular weight excluding hydrogens is 336 g/mol. The number of hydrogen-bond acceptors (Lipinski definition) is 6. The van der Waals surface area contributed by atoms with Gasteiger partial charge < -0.3 is 24.1 Å². The van der Waals surface area contributed by atoms with Crippen LogP contribution in [-0.2, 0) is 5.60 Å². The molecule has 2 heterocycles. The first kappa shape index (κ1) is 15.5. The second-order valence-electron chi connectivity index (χ2n) is 7.00. The van der Waals surface area contributed by atoms with Crippen molar-refractivity contribution in [1.29, 1.82) is 0 Å². The van der Waals surface area contributed by atoms with Crippen LogP contribution in [0.4, 0.5) is 0 Å². The van der Waals surface area contributed by atoms with E-state index in [4.69, 9.17) is 18.9 Å². The van der Waals surface area contributed by atoms with Crippen molar-refractivity contribution < 1.29 is 28.8 Å². The Balaban J connectivity index is 1.80. The summed E-state index contributed by atoms with van der Waals surface area (Å²) in [6.07, 6.45) is 0. The van der Waals surface area contributed by atoms with Crippen molar-refractivity contribution in [2.45, 2.75) is 19.4 Å². The molecule has 6 heteroatoms. The lowest BCUT2D eigenvalue weighted by Gasteiger charge is -2.43. The molecule has 0 fully saturated rings. The summed E-state index contributed by atoms with van der Waals surface area (Å²) in [6.45, 7) is 3.95. The van der Waals surface area contributed by atoms with E-state index in [1.165, 1.54) is 0 Å². The molecule has 0 saturated heterocycles. The fourth-order valence-corrected chi connectivity index (χ4v) is 4.16. The van der Waals surface area contributed by atoms with E-state index in [0.29, 0.717) is 39.7 Å². The second kappa shape index (κ2) is 5.14. The topological polar surface area (TPSA) is 74.2 Å². The molecule has 26 heavy (non-hydrogen) atoms. The van der Waals surface area contributed by atoms with Crippen molar-refractivity contribution in [3.8, 4) is 23.0 Å². The van der Waals surface area contributed by atoms with E-state index in [9.17, 15) is 9.90 Å². The maximum absolute atomic E-state index is 12.9. The van der Waals surface area contributed by atoms with Gasteiger partial charge in [0.15, 0.2) is 28.8 Å². The fraction of sp³-hybridized carbons (Fsp3) is 0.350. The maximum atomic E-state index is 12.9. The number of benzene rings is 2. The third kappa shape index (κ3) is 1.82. The molecule has 0 unspecified atom stereocenters. The summed E-state index contributed by atoms with van der Waals surface area (Å²) in [6, 6.07) is 8.81. The minimum Gasteiger partial charge on any atom is -0.454 e. The predicted octanol–water partition coefficient (Wildman–Crippen LogP) is 2.85. The van der Waals surface area contributed by atoms with Crippen molar-refractivity contribution in [1.82, 2.24) is 0 Å². The Kier molecular flexibility index (Phi) is 3.07. The molecule has 2 aromatic carbocycles. The molecule has 2 aliphatic heterocycles. The van der Waals surface area contributed by atoms with E-state index in [1.54, 1.807) is 24.3 Å². The average Bonchev–Trinajstić information content (AvgIpc) is 3.31. The quantitative estimate of drug-likeness (QED) is 0.849. The van der Waals surface area contributed by atoms with E-state index in [0.717, 1.165) is 0 Å². The number of rotatable bonds is 1. The van der Waals surface area contributed by atoms with Gasteiger partial charge in [-0.15, -0.1) is 0 Å². The highest BCUT2D eigenvalue weighted by molar-refractivity contribution is 6.02. The van der Waals surface area contributed by atoms with Crippen molar-refractivity contribution in [2.24, 2.45) is 11.8 Å². The Hall–Kier alpha value is -2.73. The Bertz CT molecular complexity index is 936. The summed E-state index contributed by atoms with van der Waals surface area (Å²) >= 11 is 0. The fourth-order valence-electron chi connectivity index (χ4n) is 4.16. The van der Waals surface area contributed by atoms with E-state index in [1.807, 2.05) is 19.9 Å². The van der Waals surface area contributed by atoms with E-state index >= 15 is 0 Å². The van der Waals surface area contributed by atoms with Crippen molar-refractivity contribution in [3.05, 3.63) is 47.0 Å². The number of ketones is 1. The summed E-state index contributed by atoms with van der Waals surface area (Å²) in [5.74, 6) is 1.49. The van der Waals surface area contributed by atoms with Crippen molar-refractivity contribution >= 4 is 5.78 Å². The Labute approximate surface area is 150 Å². The minimum absolute atomic E-state index is 0.00350. The Morgan fingerprint density at radius 2 is 1.65 bits per heavy atom. The molecule has 3 atom stereocenters. The summed E-state index contributed by atoms with van der Waals surface area (Å²) in [5, 5.41) is 12.0. The van der Waals surface area contributed by atoms with Crippen LogP contribution >= 0.6 is 0 Å². The van der Waals surface area contributed by atoms with Gasteiger partial charge in [0.1, 0.15) is 5.60 Å². The largest absolute Gasteiger partial charge is 0.454 e. The minimum atomic E-state index is -1.41. The molecule has 6 nitrogen and oxygen atoms in total. The Morgan fingerprint density at radius 1 is 0.962 bits per heavy atom. The van der Waals surface area contributed by atoms with Gasteiger partial charge in [0.05, 0.1) is 0 Å². The third-order valence-electron chi connectivity index (χ3n) is 5.82. The summed E-state index contributed by atoms with van der Waals surface area (Å²) in [5.41, 5.74) is 0.170. The van der Waals surface area contributed by atoms with Gasteiger partial charge in [-0.05, 0) is 29.8 Å². The van der Waals surface area contributed by atoms with Gasteiger partial charge in [-0.1, -0.05) is 19.9 Å². The maximum Gasteiger partial charge on any atom is 0.231 e. The molecule has 2 aromatic rings. The zero-order chi connectivity index (χ0) is 18.1. The van der Waals surface area contributed by atoms with Gasteiger partial charge >= 0.3 is 0 Å².